The van der Waals surface area contributed by atoms with Crippen LogP contribution in [0.15, 0.2) is 78.9 Å². The SMILES string of the molecule is Fc1ccc(C(Cl)(c2ccccc2)c2ccccc2)cc1F. The lowest BCUT2D eigenvalue weighted by molar-refractivity contribution is 0.506. The van der Waals surface area contributed by atoms with Crippen LogP contribution in [-0.2, 0) is 4.87 Å². The van der Waals surface area contributed by atoms with Gasteiger partial charge in [0.15, 0.2) is 11.6 Å². The molecule has 0 spiro atoms. The minimum Gasteiger partial charge on any atom is -0.204 e. The van der Waals surface area contributed by atoms with Crippen molar-refractivity contribution in [3.63, 3.8) is 0 Å². The van der Waals surface area contributed by atoms with Gasteiger partial charge in [-0.1, -0.05) is 66.7 Å². The molecule has 0 atom stereocenters. The van der Waals surface area contributed by atoms with Crippen LogP contribution in [0.1, 0.15) is 16.7 Å². The van der Waals surface area contributed by atoms with Crippen molar-refractivity contribution < 1.29 is 8.78 Å². The molecular weight excluding hydrogens is 302 g/mol. The minimum absolute atomic E-state index is 0.491. The van der Waals surface area contributed by atoms with Gasteiger partial charge in [0.2, 0.25) is 0 Å². The summed E-state index contributed by atoms with van der Waals surface area (Å²) in [5.74, 6) is -1.79. The van der Waals surface area contributed by atoms with Crippen LogP contribution in [0.3, 0.4) is 0 Å². The fourth-order valence-electron chi connectivity index (χ4n) is 2.55. The van der Waals surface area contributed by atoms with Crippen molar-refractivity contribution in [2.45, 2.75) is 4.87 Å². The Labute approximate surface area is 133 Å². The molecule has 0 aliphatic carbocycles. The molecule has 0 radical (unpaired) electrons. The van der Waals surface area contributed by atoms with Gasteiger partial charge in [-0.3, -0.25) is 0 Å². The van der Waals surface area contributed by atoms with Crippen molar-refractivity contribution in [1.29, 1.82) is 0 Å². The van der Waals surface area contributed by atoms with E-state index < -0.39 is 16.5 Å². The van der Waals surface area contributed by atoms with Crippen molar-refractivity contribution in [3.8, 4) is 0 Å². The summed E-state index contributed by atoms with van der Waals surface area (Å²) in [4.78, 5) is -1.07. The highest BCUT2D eigenvalue weighted by molar-refractivity contribution is 6.28. The molecule has 3 aromatic carbocycles. The van der Waals surface area contributed by atoms with Crippen molar-refractivity contribution in [1.82, 2.24) is 0 Å². The highest BCUT2D eigenvalue weighted by atomic mass is 35.5. The third kappa shape index (κ3) is 2.51. The zero-order chi connectivity index (χ0) is 15.6. The Balaban J connectivity index is 2.26. The monoisotopic (exact) mass is 314 g/mol. The van der Waals surface area contributed by atoms with Crippen LogP contribution in [0.2, 0.25) is 0 Å². The molecule has 110 valence electrons. The summed E-state index contributed by atoms with van der Waals surface area (Å²) in [6, 6.07) is 22.5. The first kappa shape index (κ1) is 14.7. The predicted molar refractivity (Wildman–Crippen MR) is 85.0 cm³/mol. The molecule has 0 unspecified atom stereocenters. The maximum Gasteiger partial charge on any atom is 0.159 e. The molecule has 0 saturated carbocycles. The lowest BCUT2D eigenvalue weighted by Crippen LogP contribution is -2.22. The molecule has 3 aromatic rings. The molecule has 0 aromatic heterocycles. The Kier molecular flexibility index (Phi) is 3.95. The van der Waals surface area contributed by atoms with Gasteiger partial charge >= 0.3 is 0 Å². The maximum absolute atomic E-state index is 13.7. The van der Waals surface area contributed by atoms with Gasteiger partial charge in [-0.05, 0) is 28.8 Å². The zero-order valence-corrected chi connectivity index (χ0v) is 12.4. The Morgan fingerprint density at radius 3 is 1.55 bits per heavy atom. The Hall–Kier alpha value is -2.19. The number of hydrogen-bond acceptors (Lipinski definition) is 0. The number of rotatable bonds is 3. The Morgan fingerprint density at radius 1 is 0.591 bits per heavy atom. The molecule has 0 saturated heterocycles. The molecule has 3 rings (SSSR count). The first-order valence-corrected chi connectivity index (χ1v) is 7.25. The van der Waals surface area contributed by atoms with Gasteiger partial charge in [0.25, 0.3) is 0 Å². The molecule has 3 heteroatoms. The molecular formula is C19H13ClF2. The topological polar surface area (TPSA) is 0 Å². The van der Waals surface area contributed by atoms with Crippen LogP contribution in [0.4, 0.5) is 8.78 Å². The van der Waals surface area contributed by atoms with E-state index in [2.05, 4.69) is 0 Å². The van der Waals surface area contributed by atoms with E-state index in [1.165, 1.54) is 6.07 Å². The van der Waals surface area contributed by atoms with E-state index in [1.807, 2.05) is 60.7 Å². The van der Waals surface area contributed by atoms with Gasteiger partial charge in [0.05, 0.1) is 0 Å². The van der Waals surface area contributed by atoms with Gasteiger partial charge in [-0.2, -0.15) is 0 Å². The highest BCUT2D eigenvalue weighted by Crippen LogP contribution is 2.43. The van der Waals surface area contributed by atoms with E-state index in [1.54, 1.807) is 0 Å². The quantitative estimate of drug-likeness (QED) is 0.442. The first-order valence-electron chi connectivity index (χ1n) is 6.88. The first-order chi connectivity index (χ1) is 10.6. The standard InChI is InChI=1S/C19H13ClF2/c20-19(14-7-3-1-4-8-14,15-9-5-2-6-10-15)16-11-12-17(21)18(22)13-16/h1-13H. The van der Waals surface area contributed by atoms with Crippen LogP contribution in [-0.4, -0.2) is 0 Å². The zero-order valence-electron chi connectivity index (χ0n) is 11.6. The summed E-state index contributed by atoms with van der Waals surface area (Å²) in [5.41, 5.74) is 2.09. The molecule has 0 aliphatic rings. The smallest absolute Gasteiger partial charge is 0.159 e. The number of alkyl halides is 1. The summed E-state index contributed by atoms with van der Waals surface area (Å²) in [6.45, 7) is 0. The summed E-state index contributed by atoms with van der Waals surface area (Å²) < 4.78 is 27.0. The Morgan fingerprint density at radius 2 is 1.09 bits per heavy atom. The van der Waals surface area contributed by atoms with Gasteiger partial charge in [-0.25, -0.2) is 8.78 Å². The van der Waals surface area contributed by atoms with Crippen molar-refractivity contribution in [2.24, 2.45) is 0 Å². The maximum atomic E-state index is 13.7. The Bertz CT molecular complexity index is 730. The van der Waals surface area contributed by atoms with E-state index in [4.69, 9.17) is 11.6 Å². The average molecular weight is 315 g/mol. The number of benzene rings is 3. The predicted octanol–water partition coefficient (Wildman–Crippen LogP) is 5.50. The van der Waals surface area contributed by atoms with Gasteiger partial charge in [0.1, 0.15) is 4.87 Å². The third-order valence-electron chi connectivity index (χ3n) is 3.66. The van der Waals surface area contributed by atoms with Gasteiger partial charge in [-0.15, -0.1) is 11.6 Å². The normalized spacial score (nSPS) is 11.4. The van der Waals surface area contributed by atoms with Crippen molar-refractivity contribution in [3.05, 3.63) is 107 Å². The molecule has 22 heavy (non-hydrogen) atoms. The minimum atomic E-state index is -1.07. The molecule has 0 amide bonds. The fraction of sp³-hybridized carbons (Fsp3) is 0.0526. The summed E-state index contributed by atoms with van der Waals surface area (Å²) >= 11 is 6.95. The summed E-state index contributed by atoms with van der Waals surface area (Å²) in [6.07, 6.45) is 0. The second kappa shape index (κ2) is 5.90. The molecule has 0 nitrogen and oxygen atoms in total. The lowest BCUT2D eigenvalue weighted by atomic mass is 9.84. The molecule has 0 fully saturated rings. The van der Waals surface area contributed by atoms with Crippen molar-refractivity contribution >= 4 is 11.6 Å². The van der Waals surface area contributed by atoms with Gasteiger partial charge < -0.3 is 0 Å². The number of halogens is 3. The molecule has 0 bridgehead atoms. The van der Waals surface area contributed by atoms with Crippen LogP contribution in [0.5, 0.6) is 0 Å². The van der Waals surface area contributed by atoms with Crippen LogP contribution >= 0.6 is 11.6 Å². The lowest BCUT2D eigenvalue weighted by Gasteiger charge is -2.29. The molecule has 0 heterocycles. The summed E-state index contributed by atoms with van der Waals surface area (Å²) in [7, 11) is 0. The number of hydrogen-bond donors (Lipinski definition) is 0. The average Bonchev–Trinajstić information content (AvgIpc) is 2.58. The van der Waals surface area contributed by atoms with Crippen LogP contribution in [0, 0.1) is 11.6 Å². The van der Waals surface area contributed by atoms with E-state index in [0.717, 1.165) is 23.3 Å². The van der Waals surface area contributed by atoms with Crippen LogP contribution < -0.4 is 0 Å². The fourth-order valence-corrected chi connectivity index (χ4v) is 2.92. The third-order valence-corrected chi connectivity index (χ3v) is 4.32. The molecule has 0 aliphatic heterocycles. The largest absolute Gasteiger partial charge is 0.204 e. The molecule has 0 N–H and O–H groups in total. The second-order valence-corrected chi connectivity index (χ2v) is 5.59. The van der Waals surface area contributed by atoms with Crippen LogP contribution in [0.25, 0.3) is 0 Å². The van der Waals surface area contributed by atoms with Crippen molar-refractivity contribution in [2.75, 3.05) is 0 Å². The van der Waals surface area contributed by atoms with Gasteiger partial charge in [0, 0.05) is 0 Å². The highest BCUT2D eigenvalue weighted by Gasteiger charge is 2.34. The summed E-state index contributed by atoms with van der Waals surface area (Å²) in [5, 5.41) is 0. The van der Waals surface area contributed by atoms with E-state index in [-0.39, 0.29) is 0 Å². The second-order valence-electron chi connectivity index (χ2n) is 5.02. The van der Waals surface area contributed by atoms with E-state index in [0.29, 0.717) is 5.56 Å². The van der Waals surface area contributed by atoms with E-state index in [9.17, 15) is 8.78 Å². The van der Waals surface area contributed by atoms with E-state index >= 15 is 0 Å².